The van der Waals surface area contributed by atoms with E-state index in [1.54, 1.807) is 0 Å². The Labute approximate surface area is 111 Å². The third-order valence-corrected chi connectivity index (χ3v) is 5.47. The molecule has 0 aromatic carbocycles. The van der Waals surface area contributed by atoms with E-state index >= 15 is 0 Å². The highest BCUT2D eigenvalue weighted by atomic mass is 32.2. The molecule has 1 aliphatic carbocycles. The minimum atomic E-state index is -0.205. The number of aliphatic hydroxyl groups is 1. The Bertz CT molecular complexity index is 208. The van der Waals surface area contributed by atoms with Gasteiger partial charge < -0.3 is 10.4 Å². The molecule has 2 nitrogen and oxygen atoms in total. The molecule has 1 saturated carbocycles. The number of nitrogens with one attached hydrogen (secondary N) is 1. The second-order valence-corrected chi connectivity index (χ2v) is 7.22. The van der Waals surface area contributed by atoms with Crippen LogP contribution < -0.4 is 5.32 Å². The van der Waals surface area contributed by atoms with Crippen LogP contribution in [0.2, 0.25) is 0 Å². The first kappa shape index (κ1) is 15.3. The highest BCUT2D eigenvalue weighted by Crippen LogP contribution is 2.35. The van der Waals surface area contributed by atoms with Crippen LogP contribution in [-0.4, -0.2) is 34.3 Å². The highest BCUT2D eigenvalue weighted by molar-refractivity contribution is 8.00. The van der Waals surface area contributed by atoms with Gasteiger partial charge in [-0.05, 0) is 45.1 Å². The molecule has 0 aromatic rings. The monoisotopic (exact) mass is 259 g/mol. The summed E-state index contributed by atoms with van der Waals surface area (Å²) in [5.74, 6) is 0.841. The molecule has 0 amide bonds. The Morgan fingerprint density at radius 1 is 1.35 bits per heavy atom. The molecular formula is C14H29NOS. The maximum atomic E-state index is 9.64. The molecule has 1 fully saturated rings. The fraction of sp³-hybridized carbons (Fsp3) is 1.00. The van der Waals surface area contributed by atoms with E-state index in [-0.39, 0.29) is 6.10 Å². The Kier molecular flexibility index (Phi) is 6.90. The van der Waals surface area contributed by atoms with Crippen molar-refractivity contribution in [3.05, 3.63) is 0 Å². The Morgan fingerprint density at radius 3 is 2.65 bits per heavy atom. The van der Waals surface area contributed by atoms with Gasteiger partial charge in [0.05, 0.1) is 6.10 Å². The van der Waals surface area contributed by atoms with E-state index < -0.39 is 0 Å². The van der Waals surface area contributed by atoms with Crippen LogP contribution in [0.3, 0.4) is 0 Å². The Morgan fingerprint density at radius 2 is 2.06 bits per heavy atom. The second kappa shape index (κ2) is 7.65. The van der Waals surface area contributed by atoms with E-state index in [1.807, 2.05) is 18.7 Å². The largest absolute Gasteiger partial charge is 0.392 e. The molecule has 0 aliphatic heterocycles. The normalized spacial score (nSPS) is 33.4. The van der Waals surface area contributed by atoms with Crippen molar-refractivity contribution in [1.82, 2.24) is 5.32 Å². The van der Waals surface area contributed by atoms with Crippen molar-refractivity contribution in [3.8, 4) is 0 Å². The lowest BCUT2D eigenvalue weighted by molar-refractivity contribution is 0.195. The van der Waals surface area contributed by atoms with Crippen molar-refractivity contribution in [3.63, 3.8) is 0 Å². The molecule has 1 aliphatic rings. The quantitative estimate of drug-likeness (QED) is 0.769. The van der Waals surface area contributed by atoms with Gasteiger partial charge in [-0.1, -0.05) is 20.8 Å². The molecule has 2 N–H and O–H groups in total. The summed E-state index contributed by atoms with van der Waals surface area (Å²) in [4.78, 5) is 0. The molecule has 3 heteroatoms. The van der Waals surface area contributed by atoms with Gasteiger partial charge in [-0.3, -0.25) is 0 Å². The molecule has 0 heterocycles. The number of thioether (sulfide) groups is 1. The van der Waals surface area contributed by atoms with Gasteiger partial charge in [0.25, 0.3) is 0 Å². The van der Waals surface area contributed by atoms with Crippen LogP contribution in [0.25, 0.3) is 0 Å². The molecule has 5 unspecified atom stereocenters. The number of rotatable bonds is 6. The van der Waals surface area contributed by atoms with Gasteiger partial charge >= 0.3 is 0 Å². The summed E-state index contributed by atoms with van der Waals surface area (Å²) in [6.45, 7) is 9.75. The minimum Gasteiger partial charge on any atom is -0.392 e. The summed E-state index contributed by atoms with van der Waals surface area (Å²) in [5, 5.41) is 14.3. The van der Waals surface area contributed by atoms with Crippen LogP contribution in [0.15, 0.2) is 0 Å². The van der Waals surface area contributed by atoms with Gasteiger partial charge in [0.1, 0.15) is 0 Å². The van der Waals surface area contributed by atoms with Gasteiger partial charge in [0.15, 0.2) is 0 Å². The third kappa shape index (κ3) is 5.19. The summed E-state index contributed by atoms with van der Waals surface area (Å²) < 4.78 is 0. The average Bonchev–Trinajstić information content (AvgIpc) is 2.28. The fourth-order valence-corrected chi connectivity index (χ4v) is 4.07. The minimum absolute atomic E-state index is 0.205. The van der Waals surface area contributed by atoms with Crippen LogP contribution in [0.1, 0.15) is 53.4 Å². The van der Waals surface area contributed by atoms with E-state index in [4.69, 9.17) is 0 Å². The lowest BCUT2D eigenvalue weighted by Crippen LogP contribution is -2.43. The standard InChI is InChI=1S/C14H29NOS/c1-5-8-15-13-7-6-10(2)9-14(13)17-12(4)11(3)16/h10-16H,5-9H2,1-4H3. The summed E-state index contributed by atoms with van der Waals surface area (Å²) >= 11 is 1.98. The van der Waals surface area contributed by atoms with E-state index in [1.165, 1.54) is 25.7 Å². The molecule has 1 rings (SSSR count). The predicted molar refractivity (Wildman–Crippen MR) is 77.6 cm³/mol. The summed E-state index contributed by atoms with van der Waals surface area (Å²) in [6.07, 6.45) is 4.94. The highest BCUT2D eigenvalue weighted by Gasteiger charge is 2.30. The van der Waals surface area contributed by atoms with Gasteiger partial charge in [0, 0.05) is 16.5 Å². The molecule has 17 heavy (non-hydrogen) atoms. The topological polar surface area (TPSA) is 32.3 Å². The molecule has 0 aromatic heterocycles. The number of hydrogen-bond acceptors (Lipinski definition) is 3. The van der Waals surface area contributed by atoms with Crippen LogP contribution in [0.4, 0.5) is 0 Å². The molecule has 0 saturated heterocycles. The van der Waals surface area contributed by atoms with Gasteiger partial charge in [-0.15, -0.1) is 0 Å². The van der Waals surface area contributed by atoms with Crippen molar-refractivity contribution in [2.24, 2.45) is 5.92 Å². The van der Waals surface area contributed by atoms with Crippen molar-refractivity contribution < 1.29 is 5.11 Å². The van der Waals surface area contributed by atoms with Gasteiger partial charge in [-0.25, -0.2) is 0 Å². The van der Waals surface area contributed by atoms with Crippen LogP contribution in [0.5, 0.6) is 0 Å². The molecular weight excluding hydrogens is 230 g/mol. The second-order valence-electron chi connectivity index (χ2n) is 5.60. The van der Waals surface area contributed by atoms with Crippen LogP contribution >= 0.6 is 11.8 Å². The first-order chi connectivity index (χ1) is 8.04. The maximum absolute atomic E-state index is 9.64. The zero-order chi connectivity index (χ0) is 12.8. The molecule has 0 spiro atoms. The summed E-state index contributed by atoms with van der Waals surface area (Å²) in [5.41, 5.74) is 0. The van der Waals surface area contributed by atoms with Gasteiger partial charge in [-0.2, -0.15) is 11.8 Å². The lowest BCUT2D eigenvalue weighted by atomic mass is 9.87. The summed E-state index contributed by atoms with van der Waals surface area (Å²) in [7, 11) is 0. The third-order valence-electron chi connectivity index (χ3n) is 3.78. The van der Waals surface area contributed by atoms with E-state index in [9.17, 15) is 5.11 Å². The molecule has 0 bridgehead atoms. The van der Waals surface area contributed by atoms with Crippen molar-refractivity contribution >= 4 is 11.8 Å². The fourth-order valence-electron chi connectivity index (χ4n) is 2.43. The van der Waals surface area contributed by atoms with Crippen molar-refractivity contribution in [2.75, 3.05) is 6.54 Å². The molecule has 0 radical (unpaired) electrons. The van der Waals surface area contributed by atoms with E-state index in [0.29, 0.717) is 16.5 Å². The van der Waals surface area contributed by atoms with Gasteiger partial charge in [0.2, 0.25) is 0 Å². The SMILES string of the molecule is CCCNC1CCC(C)CC1SC(C)C(C)O. The van der Waals surface area contributed by atoms with Crippen LogP contribution in [-0.2, 0) is 0 Å². The van der Waals surface area contributed by atoms with Crippen LogP contribution in [0, 0.1) is 5.92 Å². The first-order valence-electron chi connectivity index (χ1n) is 7.11. The van der Waals surface area contributed by atoms with Crippen molar-refractivity contribution in [2.45, 2.75) is 76.0 Å². The zero-order valence-corrected chi connectivity index (χ0v) is 12.6. The van der Waals surface area contributed by atoms with E-state index in [2.05, 4.69) is 26.1 Å². The smallest absolute Gasteiger partial charge is 0.0628 e. The summed E-state index contributed by atoms with van der Waals surface area (Å²) in [6, 6.07) is 0.650. The predicted octanol–water partition coefficient (Wildman–Crippen LogP) is 3.05. The van der Waals surface area contributed by atoms with Crippen molar-refractivity contribution in [1.29, 1.82) is 0 Å². The average molecular weight is 259 g/mol. The molecule has 102 valence electrons. The Balaban J connectivity index is 2.48. The Hall–Kier alpha value is 0.270. The number of hydrogen-bond donors (Lipinski definition) is 2. The first-order valence-corrected chi connectivity index (χ1v) is 8.05. The maximum Gasteiger partial charge on any atom is 0.0628 e. The number of aliphatic hydroxyl groups excluding tert-OH is 1. The zero-order valence-electron chi connectivity index (χ0n) is 11.8. The lowest BCUT2D eigenvalue weighted by Gasteiger charge is -2.37. The molecule has 5 atom stereocenters. The van der Waals surface area contributed by atoms with E-state index in [0.717, 1.165) is 12.5 Å².